The van der Waals surface area contributed by atoms with Gasteiger partial charge in [-0.05, 0) is 30.6 Å². The lowest BCUT2D eigenvalue weighted by Gasteiger charge is -2.27. The van der Waals surface area contributed by atoms with E-state index in [0.29, 0.717) is 5.92 Å². The molecular weight excluding hydrogens is 224 g/mol. The summed E-state index contributed by atoms with van der Waals surface area (Å²) in [4.78, 5) is 11.6. The number of nitrogens with two attached hydrogens (primary N) is 1. The van der Waals surface area contributed by atoms with E-state index in [9.17, 15) is 4.79 Å². The van der Waals surface area contributed by atoms with Crippen LogP contribution in [0.3, 0.4) is 0 Å². The zero-order chi connectivity index (χ0) is 11.7. The Bertz CT molecular complexity index is 247. The smallest absolute Gasteiger partial charge is 0.240 e. The van der Waals surface area contributed by atoms with Crippen LogP contribution < -0.4 is 11.1 Å². The zero-order valence-corrected chi connectivity index (χ0v) is 11.6. The van der Waals surface area contributed by atoms with Gasteiger partial charge in [-0.1, -0.05) is 27.7 Å². The Morgan fingerprint density at radius 3 is 2.31 bits per heavy atom. The van der Waals surface area contributed by atoms with Crippen LogP contribution in [0.25, 0.3) is 0 Å². The summed E-state index contributed by atoms with van der Waals surface area (Å²) in [5.74, 6) is 0.684. The third kappa shape index (κ3) is 4.71. The third-order valence-corrected chi connectivity index (χ3v) is 2.93. The first kappa shape index (κ1) is 15.7. The number of halogens is 1. The van der Waals surface area contributed by atoms with E-state index in [1.165, 1.54) is 0 Å². The second-order valence-corrected chi connectivity index (χ2v) is 6.10. The van der Waals surface area contributed by atoms with Crippen molar-refractivity contribution in [2.75, 3.05) is 6.54 Å². The van der Waals surface area contributed by atoms with Crippen LogP contribution in [0.2, 0.25) is 0 Å². The lowest BCUT2D eigenvalue weighted by Crippen LogP contribution is -2.46. The fourth-order valence-corrected chi connectivity index (χ4v) is 2.03. The molecule has 0 unspecified atom stereocenters. The first-order valence-electron chi connectivity index (χ1n) is 5.82. The zero-order valence-electron chi connectivity index (χ0n) is 10.8. The molecule has 0 heterocycles. The molecule has 3 nitrogen and oxygen atoms in total. The molecule has 1 amide bonds. The van der Waals surface area contributed by atoms with Gasteiger partial charge in [-0.2, -0.15) is 0 Å². The van der Waals surface area contributed by atoms with E-state index in [4.69, 9.17) is 5.73 Å². The molecule has 0 bridgehead atoms. The van der Waals surface area contributed by atoms with Crippen molar-refractivity contribution < 1.29 is 4.79 Å². The quantitative estimate of drug-likeness (QED) is 0.783. The summed E-state index contributed by atoms with van der Waals surface area (Å²) in [5.41, 5.74) is 5.44. The van der Waals surface area contributed by atoms with Crippen LogP contribution in [0.5, 0.6) is 0 Å². The molecule has 0 aromatic carbocycles. The van der Waals surface area contributed by atoms with Gasteiger partial charge in [-0.3, -0.25) is 4.79 Å². The van der Waals surface area contributed by atoms with Gasteiger partial charge in [-0.25, -0.2) is 0 Å². The maximum atomic E-state index is 11.6. The minimum atomic E-state index is -0.534. The number of carbonyl (C=O) groups excluding carboxylic acids is 1. The van der Waals surface area contributed by atoms with Gasteiger partial charge < -0.3 is 11.1 Å². The van der Waals surface area contributed by atoms with E-state index in [1.54, 1.807) is 0 Å². The predicted molar refractivity (Wildman–Crippen MR) is 69.6 cm³/mol. The number of nitrogens with one attached hydrogen (secondary N) is 1. The topological polar surface area (TPSA) is 55.1 Å². The van der Waals surface area contributed by atoms with Crippen molar-refractivity contribution in [3.05, 3.63) is 0 Å². The van der Waals surface area contributed by atoms with Crippen LogP contribution in [0.4, 0.5) is 0 Å². The fourth-order valence-electron chi connectivity index (χ4n) is 2.03. The SMILES string of the molecule is CC(C)CC(C)(C)CNC(=O)C1(N)CC1.Cl. The molecule has 1 saturated carbocycles. The predicted octanol–water partition coefficient (Wildman–Crippen LogP) is 2.09. The lowest BCUT2D eigenvalue weighted by molar-refractivity contribution is -0.123. The van der Waals surface area contributed by atoms with E-state index in [0.717, 1.165) is 25.8 Å². The number of carbonyl (C=O) groups is 1. The van der Waals surface area contributed by atoms with Gasteiger partial charge in [-0.15, -0.1) is 12.4 Å². The van der Waals surface area contributed by atoms with Crippen molar-refractivity contribution in [2.45, 2.75) is 52.5 Å². The number of hydrogen-bond donors (Lipinski definition) is 2. The molecule has 0 aromatic rings. The van der Waals surface area contributed by atoms with E-state index in [2.05, 4.69) is 33.0 Å². The Hall–Kier alpha value is -0.280. The molecular formula is C12H25ClN2O. The first-order chi connectivity index (χ1) is 6.75. The van der Waals surface area contributed by atoms with Crippen molar-refractivity contribution in [2.24, 2.45) is 17.1 Å². The number of hydrogen-bond acceptors (Lipinski definition) is 2. The van der Waals surface area contributed by atoms with Gasteiger partial charge in [0, 0.05) is 6.54 Å². The Morgan fingerprint density at radius 2 is 1.94 bits per heavy atom. The molecule has 1 aliphatic rings. The standard InChI is InChI=1S/C12H24N2O.ClH/c1-9(2)7-11(3,4)8-14-10(15)12(13)5-6-12;/h9H,5-8,13H2,1-4H3,(H,14,15);1H. The summed E-state index contributed by atoms with van der Waals surface area (Å²) >= 11 is 0. The molecule has 0 atom stereocenters. The highest BCUT2D eigenvalue weighted by Crippen LogP contribution is 2.32. The molecule has 96 valence electrons. The molecule has 0 aromatic heterocycles. The summed E-state index contributed by atoms with van der Waals surface area (Å²) in [6.07, 6.45) is 2.79. The maximum absolute atomic E-state index is 11.6. The van der Waals surface area contributed by atoms with E-state index in [-0.39, 0.29) is 23.7 Å². The summed E-state index contributed by atoms with van der Waals surface area (Å²) in [6, 6.07) is 0. The highest BCUT2D eigenvalue weighted by atomic mass is 35.5. The van der Waals surface area contributed by atoms with Gasteiger partial charge in [0.1, 0.15) is 0 Å². The van der Waals surface area contributed by atoms with Crippen LogP contribution >= 0.6 is 12.4 Å². The molecule has 0 saturated heterocycles. The Balaban J connectivity index is 0.00000225. The maximum Gasteiger partial charge on any atom is 0.240 e. The Kier molecular flexibility index (Phi) is 5.27. The first-order valence-corrected chi connectivity index (χ1v) is 5.82. The minimum absolute atomic E-state index is 0. The summed E-state index contributed by atoms with van der Waals surface area (Å²) in [6.45, 7) is 9.50. The van der Waals surface area contributed by atoms with Crippen molar-refractivity contribution in [1.82, 2.24) is 5.32 Å². The molecule has 16 heavy (non-hydrogen) atoms. The molecule has 1 rings (SSSR count). The van der Waals surface area contributed by atoms with E-state index >= 15 is 0 Å². The summed E-state index contributed by atoms with van der Waals surface area (Å²) in [7, 11) is 0. The van der Waals surface area contributed by atoms with Gasteiger partial charge in [0.2, 0.25) is 5.91 Å². The second kappa shape index (κ2) is 5.37. The Morgan fingerprint density at radius 1 is 1.44 bits per heavy atom. The largest absolute Gasteiger partial charge is 0.354 e. The van der Waals surface area contributed by atoms with Gasteiger partial charge in [0.25, 0.3) is 0 Å². The van der Waals surface area contributed by atoms with Crippen molar-refractivity contribution in [3.8, 4) is 0 Å². The fraction of sp³-hybridized carbons (Fsp3) is 0.917. The molecule has 0 radical (unpaired) electrons. The highest BCUT2D eigenvalue weighted by molar-refractivity contribution is 5.88. The van der Waals surface area contributed by atoms with Gasteiger partial charge in [0.05, 0.1) is 5.54 Å². The third-order valence-electron chi connectivity index (χ3n) is 2.93. The monoisotopic (exact) mass is 248 g/mol. The van der Waals surface area contributed by atoms with Crippen LogP contribution in [0.15, 0.2) is 0 Å². The van der Waals surface area contributed by atoms with Gasteiger partial charge in [0.15, 0.2) is 0 Å². The molecule has 0 aliphatic heterocycles. The van der Waals surface area contributed by atoms with Crippen LogP contribution in [-0.4, -0.2) is 18.0 Å². The number of amides is 1. The lowest BCUT2D eigenvalue weighted by atomic mass is 9.84. The molecule has 1 fully saturated rings. The molecule has 0 spiro atoms. The summed E-state index contributed by atoms with van der Waals surface area (Å²) in [5, 5.41) is 2.97. The van der Waals surface area contributed by atoms with Crippen molar-refractivity contribution in [3.63, 3.8) is 0 Å². The average molecular weight is 249 g/mol. The van der Waals surface area contributed by atoms with E-state index in [1.807, 2.05) is 0 Å². The molecule has 1 aliphatic carbocycles. The molecule has 4 heteroatoms. The van der Waals surface area contributed by atoms with Crippen molar-refractivity contribution >= 4 is 18.3 Å². The number of rotatable bonds is 5. The summed E-state index contributed by atoms with van der Waals surface area (Å²) < 4.78 is 0. The minimum Gasteiger partial charge on any atom is -0.354 e. The van der Waals surface area contributed by atoms with Crippen LogP contribution in [-0.2, 0) is 4.79 Å². The second-order valence-electron chi connectivity index (χ2n) is 6.10. The highest BCUT2D eigenvalue weighted by Gasteiger charge is 2.46. The van der Waals surface area contributed by atoms with Crippen LogP contribution in [0, 0.1) is 11.3 Å². The van der Waals surface area contributed by atoms with Crippen molar-refractivity contribution in [1.29, 1.82) is 0 Å². The van der Waals surface area contributed by atoms with Gasteiger partial charge >= 0.3 is 0 Å². The molecule has 3 N–H and O–H groups in total. The van der Waals surface area contributed by atoms with Crippen LogP contribution in [0.1, 0.15) is 47.0 Å². The average Bonchev–Trinajstić information content (AvgIpc) is 2.78. The van der Waals surface area contributed by atoms with E-state index < -0.39 is 5.54 Å². The Labute approximate surface area is 105 Å². The normalized spacial score (nSPS) is 17.9.